The summed E-state index contributed by atoms with van der Waals surface area (Å²) in [6, 6.07) is 14.5. The van der Waals surface area contributed by atoms with Gasteiger partial charge < -0.3 is 10.4 Å². The molecule has 1 heterocycles. The first-order chi connectivity index (χ1) is 11.5. The number of phenolic OH excluding ortho intramolecular Hbond substituents is 1. The number of carbonyl (C=O) groups is 1. The molecule has 1 aromatic heterocycles. The summed E-state index contributed by atoms with van der Waals surface area (Å²) in [5.41, 5.74) is 5.10. The number of anilines is 1. The number of hydrogen-bond acceptors (Lipinski definition) is 3. The Balaban J connectivity index is 1.87. The second-order valence-electron chi connectivity index (χ2n) is 5.78. The van der Waals surface area contributed by atoms with E-state index in [-0.39, 0.29) is 11.7 Å². The van der Waals surface area contributed by atoms with Gasteiger partial charge in [0.05, 0.1) is 5.56 Å². The van der Waals surface area contributed by atoms with Crippen LogP contribution < -0.4 is 5.32 Å². The first-order valence-corrected chi connectivity index (χ1v) is 7.66. The molecule has 24 heavy (non-hydrogen) atoms. The third kappa shape index (κ3) is 3.43. The van der Waals surface area contributed by atoms with Crippen LogP contribution in [-0.2, 0) is 0 Å². The number of phenols is 1. The van der Waals surface area contributed by atoms with Gasteiger partial charge in [0.2, 0.25) is 0 Å². The number of amides is 1. The first-order valence-electron chi connectivity index (χ1n) is 7.66. The van der Waals surface area contributed by atoms with E-state index in [0.717, 1.165) is 27.9 Å². The summed E-state index contributed by atoms with van der Waals surface area (Å²) in [5.74, 6) is 0.00681. The highest BCUT2D eigenvalue weighted by Crippen LogP contribution is 2.23. The van der Waals surface area contributed by atoms with Gasteiger partial charge in [-0.05, 0) is 54.8 Å². The van der Waals surface area contributed by atoms with E-state index < -0.39 is 0 Å². The molecule has 2 aromatic carbocycles. The molecule has 3 rings (SSSR count). The molecule has 0 saturated carbocycles. The Morgan fingerprint density at radius 2 is 1.71 bits per heavy atom. The monoisotopic (exact) mass is 318 g/mol. The van der Waals surface area contributed by atoms with E-state index in [1.807, 2.05) is 32.0 Å². The number of aromatic hydroxyl groups is 1. The fraction of sp³-hybridized carbons (Fsp3) is 0.100. The van der Waals surface area contributed by atoms with Crippen molar-refractivity contribution in [1.82, 2.24) is 4.98 Å². The van der Waals surface area contributed by atoms with Crippen LogP contribution in [0.15, 0.2) is 60.9 Å². The lowest BCUT2D eigenvalue weighted by Crippen LogP contribution is -2.13. The van der Waals surface area contributed by atoms with E-state index in [2.05, 4.69) is 10.3 Å². The van der Waals surface area contributed by atoms with Crippen LogP contribution in [0, 0.1) is 13.8 Å². The van der Waals surface area contributed by atoms with Crippen molar-refractivity contribution in [3.63, 3.8) is 0 Å². The zero-order valence-electron chi connectivity index (χ0n) is 13.6. The molecule has 0 atom stereocenters. The number of nitrogens with one attached hydrogen (secondary N) is 1. The van der Waals surface area contributed by atoms with Crippen LogP contribution in [0.3, 0.4) is 0 Å². The van der Waals surface area contributed by atoms with E-state index in [0.29, 0.717) is 5.56 Å². The van der Waals surface area contributed by atoms with Gasteiger partial charge in [0.1, 0.15) is 5.75 Å². The molecule has 1 amide bonds. The maximum Gasteiger partial charge on any atom is 0.257 e. The molecular formula is C20H18N2O2. The minimum Gasteiger partial charge on any atom is -0.508 e. The third-order valence-corrected chi connectivity index (χ3v) is 3.84. The second kappa shape index (κ2) is 6.54. The number of aromatic nitrogens is 1. The summed E-state index contributed by atoms with van der Waals surface area (Å²) in [5, 5.41) is 12.3. The van der Waals surface area contributed by atoms with Crippen molar-refractivity contribution in [2.75, 3.05) is 5.32 Å². The fourth-order valence-corrected chi connectivity index (χ4v) is 2.44. The number of carbonyl (C=O) groups excluding carboxylic acids is 1. The van der Waals surface area contributed by atoms with Crippen molar-refractivity contribution < 1.29 is 9.90 Å². The van der Waals surface area contributed by atoms with E-state index in [1.165, 1.54) is 0 Å². The molecule has 0 spiro atoms. The third-order valence-electron chi connectivity index (χ3n) is 3.84. The smallest absolute Gasteiger partial charge is 0.257 e. The van der Waals surface area contributed by atoms with E-state index >= 15 is 0 Å². The summed E-state index contributed by atoms with van der Waals surface area (Å²) in [4.78, 5) is 16.7. The lowest BCUT2D eigenvalue weighted by atomic mass is 10.1. The molecule has 4 heteroatoms. The highest BCUT2D eigenvalue weighted by molar-refractivity contribution is 6.05. The lowest BCUT2D eigenvalue weighted by Gasteiger charge is -2.10. The Morgan fingerprint density at radius 1 is 0.958 bits per heavy atom. The number of pyridine rings is 1. The number of aryl methyl sites for hydroxylation is 2. The maximum atomic E-state index is 12.5. The van der Waals surface area contributed by atoms with E-state index in [4.69, 9.17) is 0 Å². The van der Waals surface area contributed by atoms with Crippen molar-refractivity contribution in [3.05, 3.63) is 77.6 Å². The molecule has 0 bridgehead atoms. The van der Waals surface area contributed by atoms with Gasteiger partial charge in [-0.3, -0.25) is 9.78 Å². The highest BCUT2D eigenvalue weighted by Gasteiger charge is 2.10. The molecular weight excluding hydrogens is 300 g/mol. The van der Waals surface area contributed by atoms with Gasteiger partial charge in [-0.15, -0.1) is 0 Å². The first kappa shape index (κ1) is 15.7. The summed E-state index contributed by atoms with van der Waals surface area (Å²) in [6.07, 6.45) is 3.24. The molecule has 0 saturated heterocycles. The van der Waals surface area contributed by atoms with E-state index in [1.54, 1.807) is 42.7 Å². The van der Waals surface area contributed by atoms with Gasteiger partial charge in [0.15, 0.2) is 0 Å². The normalized spacial score (nSPS) is 10.4. The lowest BCUT2D eigenvalue weighted by molar-refractivity contribution is 0.102. The SMILES string of the molecule is Cc1ccc(C)c(NC(=O)c2cncc(-c3ccc(O)cc3)c2)c1. The molecule has 0 fully saturated rings. The number of benzene rings is 2. The average Bonchev–Trinajstić information content (AvgIpc) is 2.59. The van der Waals surface area contributed by atoms with Gasteiger partial charge in [0.25, 0.3) is 5.91 Å². The van der Waals surface area contributed by atoms with Crippen LogP contribution in [0.4, 0.5) is 5.69 Å². The largest absolute Gasteiger partial charge is 0.508 e. The summed E-state index contributed by atoms with van der Waals surface area (Å²) >= 11 is 0. The minimum absolute atomic E-state index is 0.197. The van der Waals surface area contributed by atoms with Crippen LogP contribution in [-0.4, -0.2) is 16.0 Å². The minimum atomic E-state index is -0.197. The van der Waals surface area contributed by atoms with Crippen molar-refractivity contribution in [2.45, 2.75) is 13.8 Å². The van der Waals surface area contributed by atoms with Crippen molar-refractivity contribution in [1.29, 1.82) is 0 Å². The molecule has 3 aromatic rings. The molecule has 0 aliphatic rings. The Bertz CT molecular complexity index is 886. The maximum absolute atomic E-state index is 12.5. The van der Waals surface area contributed by atoms with E-state index in [9.17, 15) is 9.90 Å². The molecule has 0 aliphatic carbocycles. The van der Waals surface area contributed by atoms with Crippen molar-refractivity contribution in [2.24, 2.45) is 0 Å². The number of hydrogen-bond donors (Lipinski definition) is 2. The van der Waals surface area contributed by atoms with Gasteiger partial charge >= 0.3 is 0 Å². The summed E-state index contributed by atoms with van der Waals surface area (Å²) < 4.78 is 0. The summed E-state index contributed by atoms with van der Waals surface area (Å²) in [7, 11) is 0. The Labute approximate surface area is 140 Å². The summed E-state index contributed by atoms with van der Waals surface area (Å²) in [6.45, 7) is 3.95. The van der Waals surface area contributed by atoms with Crippen LogP contribution in [0.1, 0.15) is 21.5 Å². The van der Waals surface area contributed by atoms with Crippen LogP contribution in [0.5, 0.6) is 5.75 Å². The molecule has 2 N–H and O–H groups in total. The Hall–Kier alpha value is -3.14. The fourth-order valence-electron chi connectivity index (χ4n) is 2.44. The van der Waals surface area contributed by atoms with Gasteiger partial charge in [-0.25, -0.2) is 0 Å². The average molecular weight is 318 g/mol. The van der Waals surface area contributed by atoms with Gasteiger partial charge in [0, 0.05) is 23.6 Å². The Morgan fingerprint density at radius 3 is 2.46 bits per heavy atom. The quantitative estimate of drug-likeness (QED) is 0.756. The highest BCUT2D eigenvalue weighted by atomic mass is 16.3. The predicted molar refractivity (Wildman–Crippen MR) is 95.2 cm³/mol. The molecule has 0 unspecified atom stereocenters. The number of nitrogens with zero attached hydrogens (tertiary/aromatic N) is 1. The standard InChI is InChI=1S/C20H18N2O2/c1-13-3-4-14(2)19(9-13)22-20(24)17-10-16(11-21-12-17)15-5-7-18(23)8-6-15/h3-12,23H,1-2H3,(H,22,24). The van der Waals surface area contributed by atoms with Crippen LogP contribution in [0.2, 0.25) is 0 Å². The second-order valence-corrected chi connectivity index (χ2v) is 5.78. The van der Waals surface area contributed by atoms with Crippen LogP contribution in [0.25, 0.3) is 11.1 Å². The van der Waals surface area contributed by atoms with Gasteiger partial charge in [-0.2, -0.15) is 0 Å². The van der Waals surface area contributed by atoms with Crippen molar-refractivity contribution in [3.8, 4) is 16.9 Å². The van der Waals surface area contributed by atoms with Crippen molar-refractivity contribution >= 4 is 11.6 Å². The Kier molecular flexibility index (Phi) is 4.29. The molecule has 0 aliphatic heterocycles. The van der Waals surface area contributed by atoms with Gasteiger partial charge in [-0.1, -0.05) is 24.3 Å². The molecule has 0 radical (unpaired) electrons. The predicted octanol–water partition coefficient (Wildman–Crippen LogP) is 4.32. The van der Waals surface area contributed by atoms with Crippen LogP contribution >= 0.6 is 0 Å². The number of rotatable bonds is 3. The molecule has 120 valence electrons. The zero-order valence-corrected chi connectivity index (χ0v) is 13.6. The molecule has 4 nitrogen and oxygen atoms in total. The topological polar surface area (TPSA) is 62.2 Å². The zero-order chi connectivity index (χ0) is 17.1.